The van der Waals surface area contributed by atoms with E-state index in [1.807, 2.05) is 25.2 Å². The van der Waals surface area contributed by atoms with Crippen LogP contribution in [-0.4, -0.2) is 80.7 Å². The molecule has 1 saturated heterocycles. The topological polar surface area (TPSA) is 154 Å². The van der Waals surface area contributed by atoms with Crippen LogP contribution in [0.1, 0.15) is 45.4 Å². The van der Waals surface area contributed by atoms with Crippen LogP contribution in [0.3, 0.4) is 0 Å². The first kappa shape index (κ1) is 25.4. The van der Waals surface area contributed by atoms with E-state index in [-0.39, 0.29) is 31.5 Å². The lowest BCUT2D eigenvalue weighted by atomic mass is 9.99. The van der Waals surface area contributed by atoms with Gasteiger partial charge in [0.1, 0.15) is 30.5 Å². The average Bonchev–Trinajstić information content (AvgIpc) is 2.69. The fraction of sp³-hybridized carbons (Fsp3) is 0.700. The zero-order valence-corrected chi connectivity index (χ0v) is 16.6. The molecule has 29 heavy (non-hydrogen) atoms. The number of ether oxygens (including phenoxy) is 2. The SMILES string of the molecule is CCC=CCC=CCC(=O)C(CCCC(=O)O)OC1OC(CO)C(O)C(O)C1O. The number of carboxylic acid groups (broad SMARTS) is 1. The fourth-order valence-corrected chi connectivity index (χ4v) is 2.85. The van der Waals surface area contributed by atoms with Gasteiger partial charge in [-0.2, -0.15) is 0 Å². The smallest absolute Gasteiger partial charge is 0.303 e. The van der Waals surface area contributed by atoms with Crippen molar-refractivity contribution < 1.29 is 44.6 Å². The van der Waals surface area contributed by atoms with Crippen molar-refractivity contribution in [3.63, 3.8) is 0 Å². The number of ketones is 1. The Bertz CT molecular complexity index is 558. The van der Waals surface area contributed by atoms with Gasteiger partial charge in [0.2, 0.25) is 0 Å². The lowest BCUT2D eigenvalue weighted by Gasteiger charge is -2.40. The summed E-state index contributed by atoms with van der Waals surface area (Å²) in [6.45, 7) is 1.40. The summed E-state index contributed by atoms with van der Waals surface area (Å²) >= 11 is 0. The molecule has 0 amide bonds. The first-order valence-electron chi connectivity index (χ1n) is 9.82. The van der Waals surface area contributed by atoms with Crippen LogP contribution in [0.5, 0.6) is 0 Å². The van der Waals surface area contributed by atoms with Crippen molar-refractivity contribution in [1.82, 2.24) is 0 Å². The molecule has 1 rings (SSSR count). The van der Waals surface area contributed by atoms with Crippen molar-refractivity contribution >= 4 is 11.8 Å². The Balaban J connectivity index is 2.75. The Labute approximate surface area is 170 Å². The van der Waals surface area contributed by atoms with Crippen LogP contribution in [-0.2, 0) is 19.1 Å². The van der Waals surface area contributed by atoms with E-state index >= 15 is 0 Å². The summed E-state index contributed by atoms with van der Waals surface area (Å²) < 4.78 is 10.8. The van der Waals surface area contributed by atoms with Crippen molar-refractivity contribution in [1.29, 1.82) is 0 Å². The third kappa shape index (κ3) is 8.73. The number of rotatable bonds is 13. The van der Waals surface area contributed by atoms with Gasteiger partial charge in [-0.05, 0) is 25.7 Å². The van der Waals surface area contributed by atoms with E-state index < -0.39 is 49.4 Å². The molecule has 9 nitrogen and oxygen atoms in total. The highest BCUT2D eigenvalue weighted by atomic mass is 16.7. The zero-order valence-electron chi connectivity index (χ0n) is 16.6. The Morgan fingerprint density at radius 1 is 1.07 bits per heavy atom. The standard InChI is InChI=1S/C20H32O9/c1-2-3-4-5-6-7-9-13(22)14(10-8-11-16(23)24)28-20-19(27)18(26)17(25)15(12-21)29-20/h3-4,6-7,14-15,17-21,25-27H,2,5,8-12H2,1H3,(H,23,24). The molecule has 1 heterocycles. The second-order valence-corrected chi connectivity index (χ2v) is 6.87. The third-order valence-electron chi connectivity index (χ3n) is 4.52. The predicted octanol–water partition coefficient (Wildman–Crippen LogP) is 0.298. The van der Waals surface area contributed by atoms with Gasteiger partial charge in [-0.3, -0.25) is 9.59 Å². The number of aliphatic hydroxyl groups excluding tert-OH is 4. The van der Waals surface area contributed by atoms with Crippen LogP contribution in [0, 0.1) is 0 Å². The average molecular weight is 416 g/mol. The second kappa shape index (κ2) is 13.6. The molecule has 5 N–H and O–H groups in total. The molecule has 1 aliphatic rings. The Morgan fingerprint density at radius 2 is 1.76 bits per heavy atom. The van der Waals surface area contributed by atoms with Crippen LogP contribution in [0.4, 0.5) is 0 Å². The van der Waals surface area contributed by atoms with Crippen molar-refractivity contribution in [2.24, 2.45) is 0 Å². The van der Waals surface area contributed by atoms with Gasteiger partial charge in [0.25, 0.3) is 0 Å². The fourth-order valence-electron chi connectivity index (χ4n) is 2.85. The van der Waals surface area contributed by atoms with Crippen LogP contribution in [0.15, 0.2) is 24.3 Å². The molecule has 0 bridgehead atoms. The first-order chi connectivity index (χ1) is 13.8. The summed E-state index contributed by atoms with van der Waals surface area (Å²) in [6.07, 6.45) is 0.798. The normalized spacial score (nSPS) is 28.8. The van der Waals surface area contributed by atoms with E-state index in [0.29, 0.717) is 6.42 Å². The van der Waals surface area contributed by atoms with Gasteiger partial charge < -0.3 is 35.0 Å². The lowest BCUT2D eigenvalue weighted by molar-refractivity contribution is -0.308. The van der Waals surface area contributed by atoms with Gasteiger partial charge in [0, 0.05) is 12.8 Å². The number of Topliss-reactive ketones (excluding diaryl/α,β-unsaturated/α-hetero) is 1. The van der Waals surface area contributed by atoms with Gasteiger partial charge in [0.05, 0.1) is 6.61 Å². The Kier molecular flexibility index (Phi) is 11.9. The number of carboxylic acids is 1. The van der Waals surface area contributed by atoms with Crippen molar-refractivity contribution in [2.45, 2.75) is 82.3 Å². The molecule has 0 aromatic heterocycles. The summed E-state index contributed by atoms with van der Waals surface area (Å²) in [5.41, 5.74) is 0. The maximum atomic E-state index is 12.5. The van der Waals surface area contributed by atoms with Gasteiger partial charge in [-0.25, -0.2) is 0 Å². The van der Waals surface area contributed by atoms with Crippen LogP contribution in [0.2, 0.25) is 0 Å². The van der Waals surface area contributed by atoms with Gasteiger partial charge in [0.15, 0.2) is 12.1 Å². The summed E-state index contributed by atoms with van der Waals surface area (Å²) in [6, 6.07) is 0. The summed E-state index contributed by atoms with van der Waals surface area (Å²) in [5, 5.41) is 47.8. The number of aliphatic carboxylic acids is 1. The van der Waals surface area contributed by atoms with Crippen molar-refractivity contribution in [2.75, 3.05) is 6.61 Å². The summed E-state index contributed by atoms with van der Waals surface area (Å²) in [5.74, 6) is -1.34. The molecule has 6 atom stereocenters. The molecule has 6 unspecified atom stereocenters. The molecule has 0 saturated carbocycles. The number of allylic oxidation sites excluding steroid dienone is 4. The Hall–Kier alpha value is -1.62. The highest BCUT2D eigenvalue weighted by Gasteiger charge is 2.45. The molecule has 0 aromatic carbocycles. The molecule has 0 spiro atoms. The van der Waals surface area contributed by atoms with Crippen LogP contribution in [0.25, 0.3) is 0 Å². The highest BCUT2D eigenvalue weighted by Crippen LogP contribution is 2.24. The zero-order chi connectivity index (χ0) is 21.8. The molecular weight excluding hydrogens is 384 g/mol. The monoisotopic (exact) mass is 416 g/mol. The second-order valence-electron chi connectivity index (χ2n) is 6.87. The number of carbonyl (C=O) groups is 2. The van der Waals surface area contributed by atoms with E-state index in [9.17, 15) is 30.0 Å². The van der Waals surface area contributed by atoms with Gasteiger partial charge >= 0.3 is 5.97 Å². The maximum Gasteiger partial charge on any atom is 0.303 e. The predicted molar refractivity (Wildman–Crippen MR) is 103 cm³/mol. The van der Waals surface area contributed by atoms with Crippen LogP contribution >= 0.6 is 0 Å². The number of hydrogen-bond acceptors (Lipinski definition) is 8. The molecule has 0 aliphatic carbocycles. The van der Waals surface area contributed by atoms with Crippen molar-refractivity contribution in [3.05, 3.63) is 24.3 Å². The largest absolute Gasteiger partial charge is 0.481 e. The molecule has 166 valence electrons. The number of aliphatic hydroxyl groups is 4. The molecule has 1 aliphatic heterocycles. The summed E-state index contributed by atoms with van der Waals surface area (Å²) in [7, 11) is 0. The Morgan fingerprint density at radius 3 is 2.38 bits per heavy atom. The minimum Gasteiger partial charge on any atom is -0.481 e. The number of hydrogen-bond donors (Lipinski definition) is 5. The van der Waals surface area contributed by atoms with E-state index in [0.717, 1.165) is 6.42 Å². The van der Waals surface area contributed by atoms with E-state index in [4.69, 9.17) is 14.6 Å². The minimum atomic E-state index is -1.63. The molecule has 0 radical (unpaired) electrons. The maximum absolute atomic E-state index is 12.5. The van der Waals surface area contributed by atoms with E-state index in [2.05, 4.69) is 0 Å². The van der Waals surface area contributed by atoms with Gasteiger partial charge in [-0.1, -0.05) is 31.2 Å². The van der Waals surface area contributed by atoms with Crippen molar-refractivity contribution in [3.8, 4) is 0 Å². The highest BCUT2D eigenvalue weighted by molar-refractivity contribution is 5.84. The summed E-state index contributed by atoms with van der Waals surface area (Å²) in [4.78, 5) is 23.3. The molecular formula is C20H32O9. The van der Waals surface area contributed by atoms with Crippen LogP contribution < -0.4 is 0 Å². The minimum absolute atomic E-state index is 0.0507. The lowest BCUT2D eigenvalue weighted by Crippen LogP contribution is -2.60. The number of carbonyl (C=O) groups excluding carboxylic acids is 1. The molecule has 9 heteroatoms. The quantitative estimate of drug-likeness (QED) is 0.267. The van der Waals surface area contributed by atoms with E-state index in [1.54, 1.807) is 6.08 Å². The first-order valence-corrected chi connectivity index (χ1v) is 9.82. The van der Waals surface area contributed by atoms with E-state index in [1.165, 1.54) is 0 Å². The molecule has 1 fully saturated rings. The van der Waals surface area contributed by atoms with Gasteiger partial charge in [-0.15, -0.1) is 0 Å². The third-order valence-corrected chi connectivity index (χ3v) is 4.52. The molecule has 0 aromatic rings.